The minimum Gasteiger partial charge on any atom is -0.368 e. The Bertz CT molecular complexity index is 2170. The fraction of sp³-hybridized carbons (Fsp3) is 0.349. The number of carbonyl (C=O) groups is 7. The molecule has 2 heterocycles. The maximum absolute atomic E-state index is 14.3. The number of amides is 7. The number of pyridine rings is 1. The van der Waals surface area contributed by atoms with Gasteiger partial charge >= 0.3 is 0 Å². The third-order valence-corrected chi connectivity index (χ3v) is 10.3. The fourth-order valence-electron chi connectivity index (χ4n) is 6.91. The van der Waals surface area contributed by atoms with Crippen LogP contribution >= 0.6 is 11.6 Å². The molecule has 1 fully saturated rings. The second-order valence-corrected chi connectivity index (χ2v) is 15.1. The van der Waals surface area contributed by atoms with Gasteiger partial charge < -0.3 is 37.2 Å². The first-order chi connectivity index (χ1) is 28.2. The lowest BCUT2D eigenvalue weighted by molar-refractivity contribution is -0.142. The van der Waals surface area contributed by atoms with Gasteiger partial charge in [0, 0.05) is 49.6 Å². The Morgan fingerprint density at radius 2 is 1.31 bits per heavy atom. The lowest BCUT2D eigenvalue weighted by Crippen LogP contribution is -2.59. The number of hydrogen-bond donors (Lipinski definition) is 6. The predicted octanol–water partition coefficient (Wildman–Crippen LogP) is 1.88. The van der Waals surface area contributed by atoms with E-state index >= 15 is 0 Å². The van der Waals surface area contributed by atoms with Crippen molar-refractivity contribution in [2.75, 3.05) is 6.54 Å². The molecule has 0 bridgehead atoms. The van der Waals surface area contributed by atoms with Crippen molar-refractivity contribution < 1.29 is 33.6 Å². The van der Waals surface area contributed by atoms with Gasteiger partial charge in [0.05, 0.1) is 0 Å². The van der Waals surface area contributed by atoms with Crippen LogP contribution in [0, 0.1) is 0 Å². The van der Waals surface area contributed by atoms with Crippen LogP contribution in [0.3, 0.4) is 0 Å². The van der Waals surface area contributed by atoms with E-state index in [2.05, 4.69) is 31.6 Å². The van der Waals surface area contributed by atoms with Crippen molar-refractivity contribution in [3.63, 3.8) is 0 Å². The zero-order valence-electron chi connectivity index (χ0n) is 33.1. The lowest BCUT2D eigenvalue weighted by atomic mass is 9.99. The summed E-state index contributed by atoms with van der Waals surface area (Å²) < 4.78 is 0. The Morgan fingerprint density at radius 3 is 1.95 bits per heavy atom. The second kappa shape index (κ2) is 20.4. The van der Waals surface area contributed by atoms with Crippen LogP contribution in [-0.2, 0) is 52.8 Å². The monoisotopic (exact) mass is 824 g/mol. The van der Waals surface area contributed by atoms with Crippen LogP contribution in [0.15, 0.2) is 91.1 Å². The molecule has 4 aromatic rings. The van der Waals surface area contributed by atoms with Crippen LogP contribution in [-0.4, -0.2) is 94.0 Å². The molecular formula is C43H49ClN8O7. The van der Waals surface area contributed by atoms with Crippen LogP contribution in [0.25, 0.3) is 10.8 Å². The summed E-state index contributed by atoms with van der Waals surface area (Å²) in [6.45, 7) is 4.47. The van der Waals surface area contributed by atoms with E-state index in [1.807, 2.05) is 42.5 Å². The number of benzene rings is 3. The summed E-state index contributed by atoms with van der Waals surface area (Å²) in [7, 11) is 0. The highest BCUT2D eigenvalue weighted by Crippen LogP contribution is 2.20. The first kappa shape index (κ1) is 43.8. The molecule has 59 heavy (non-hydrogen) atoms. The number of fused-ring (bicyclic) bond motifs is 1. The summed E-state index contributed by atoms with van der Waals surface area (Å²) in [5, 5.41) is 15.9. The van der Waals surface area contributed by atoms with Crippen molar-refractivity contribution in [2.24, 2.45) is 5.73 Å². The molecule has 7 N–H and O–H groups in total. The van der Waals surface area contributed by atoms with Gasteiger partial charge in [-0.25, -0.2) is 0 Å². The molecule has 0 unspecified atom stereocenters. The number of hydrogen-bond acceptors (Lipinski definition) is 8. The van der Waals surface area contributed by atoms with E-state index in [1.165, 1.54) is 31.9 Å². The second-order valence-electron chi connectivity index (χ2n) is 14.7. The molecule has 5 rings (SSSR count). The van der Waals surface area contributed by atoms with Gasteiger partial charge in [-0.05, 0) is 72.9 Å². The zero-order valence-corrected chi connectivity index (χ0v) is 33.8. The minimum atomic E-state index is -1.27. The highest BCUT2D eigenvalue weighted by Gasteiger charge is 2.38. The Labute approximate surface area is 347 Å². The molecule has 15 nitrogen and oxygen atoms in total. The van der Waals surface area contributed by atoms with Crippen molar-refractivity contribution in [2.45, 2.75) is 89.1 Å². The molecular weight excluding hydrogens is 776 g/mol. The maximum atomic E-state index is 14.3. The van der Waals surface area contributed by atoms with E-state index in [1.54, 1.807) is 42.5 Å². The number of aromatic nitrogens is 1. The highest BCUT2D eigenvalue weighted by atomic mass is 35.5. The predicted molar refractivity (Wildman–Crippen MR) is 221 cm³/mol. The van der Waals surface area contributed by atoms with E-state index in [-0.39, 0.29) is 25.8 Å². The number of nitrogens with zero attached hydrogens (tertiary/aromatic N) is 2. The van der Waals surface area contributed by atoms with Crippen molar-refractivity contribution in [1.29, 1.82) is 0 Å². The van der Waals surface area contributed by atoms with E-state index in [9.17, 15) is 33.6 Å². The molecule has 0 saturated carbocycles. The average Bonchev–Trinajstić information content (AvgIpc) is 3.71. The molecule has 1 aromatic heterocycles. The van der Waals surface area contributed by atoms with Crippen molar-refractivity contribution in [3.05, 3.63) is 113 Å². The van der Waals surface area contributed by atoms with Crippen molar-refractivity contribution >= 4 is 63.7 Å². The van der Waals surface area contributed by atoms with Crippen LogP contribution in [0.2, 0.25) is 5.02 Å². The molecule has 0 spiro atoms. The summed E-state index contributed by atoms with van der Waals surface area (Å²) >= 11 is 6.14. The van der Waals surface area contributed by atoms with E-state index in [0.29, 0.717) is 29.1 Å². The number of rotatable bonds is 17. The summed E-state index contributed by atoms with van der Waals surface area (Å²) in [6, 6.07) is 18.8. The standard InChI is InChI=1S/C43H49ClN8O7/c1-25(38(45)54)47-42(58)37-12-8-20-52(37)43(59)26(2)48-39(55)36(24-33-11-6-7-19-46-33)51-41(57)35(22-28-14-17-32(44)18-15-28)50-40(56)34(49-27(3)53)23-29-13-16-30-9-4-5-10-31(30)21-29/h4-7,9-11,13-19,21,25-26,34-37H,8,12,20,22-24H2,1-3H3,(H2,45,54)(H,47,58)(H,48,55)(H,49,53)(H,50,56)(H,51,57)/t25-,26-,34-,35+,36+,37+/m0/s1. The van der Waals surface area contributed by atoms with Gasteiger partial charge in [-0.3, -0.25) is 38.5 Å². The van der Waals surface area contributed by atoms with Gasteiger partial charge in [-0.15, -0.1) is 0 Å². The Morgan fingerprint density at radius 1 is 0.712 bits per heavy atom. The third kappa shape index (κ3) is 12.3. The lowest BCUT2D eigenvalue weighted by Gasteiger charge is -2.29. The van der Waals surface area contributed by atoms with Crippen LogP contribution in [0.4, 0.5) is 0 Å². The van der Waals surface area contributed by atoms with E-state index in [0.717, 1.165) is 16.3 Å². The largest absolute Gasteiger partial charge is 0.368 e. The first-order valence-corrected chi connectivity index (χ1v) is 19.8. The van der Waals surface area contributed by atoms with Gasteiger partial charge in [0.25, 0.3) is 0 Å². The SMILES string of the molecule is CC(=O)N[C@@H](Cc1ccc2ccccc2c1)C(=O)N[C@H](Cc1ccc(Cl)cc1)C(=O)N[C@H](Cc1ccccn1)C(=O)N[C@@H](C)C(=O)N1CCC[C@@H]1C(=O)N[C@@H](C)C(N)=O. The highest BCUT2D eigenvalue weighted by molar-refractivity contribution is 6.30. The number of primary amides is 1. The van der Waals surface area contributed by atoms with Crippen LogP contribution in [0.5, 0.6) is 0 Å². The summed E-state index contributed by atoms with van der Waals surface area (Å²) in [5.41, 5.74) is 7.20. The third-order valence-electron chi connectivity index (χ3n) is 10.1. The first-order valence-electron chi connectivity index (χ1n) is 19.4. The number of nitrogens with one attached hydrogen (secondary N) is 5. The zero-order chi connectivity index (χ0) is 42.6. The van der Waals surface area contributed by atoms with Gasteiger partial charge in [-0.2, -0.15) is 0 Å². The number of likely N-dealkylation sites (tertiary alicyclic amines) is 1. The fourth-order valence-corrected chi connectivity index (χ4v) is 7.04. The topological polar surface area (TPSA) is 222 Å². The van der Waals surface area contributed by atoms with Gasteiger partial charge in [0.1, 0.15) is 36.3 Å². The molecule has 3 aromatic carbocycles. The summed E-state index contributed by atoms with van der Waals surface area (Å²) in [6.07, 6.45) is 2.48. The van der Waals surface area contributed by atoms with Gasteiger partial charge in [-0.1, -0.05) is 72.3 Å². The molecule has 0 radical (unpaired) electrons. The normalized spacial score (nSPS) is 16.1. The quantitative estimate of drug-likeness (QED) is 0.0921. The van der Waals surface area contributed by atoms with Crippen molar-refractivity contribution in [3.8, 4) is 0 Å². The van der Waals surface area contributed by atoms with Crippen molar-refractivity contribution in [1.82, 2.24) is 36.5 Å². The van der Waals surface area contributed by atoms with Crippen LogP contribution in [0.1, 0.15) is 50.4 Å². The molecule has 1 saturated heterocycles. The van der Waals surface area contributed by atoms with Gasteiger partial charge in [0.15, 0.2) is 0 Å². The van der Waals surface area contributed by atoms with Crippen LogP contribution < -0.4 is 32.3 Å². The average molecular weight is 825 g/mol. The number of carbonyl (C=O) groups excluding carboxylic acids is 7. The molecule has 7 amide bonds. The molecule has 1 aliphatic heterocycles. The van der Waals surface area contributed by atoms with Gasteiger partial charge in [0.2, 0.25) is 41.4 Å². The Kier molecular flexibility index (Phi) is 15.1. The molecule has 1 aliphatic rings. The Balaban J connectivity index is 1.36. The smallest absolute Gasteiger partial charge is 0.245 e. The summed E-state index contributed by atoms with van der Waals surface area (Å²) in [4.78, 5) is 98.5. The maximum Gasteiger partial charge on any atom is 0.245 e. The Hall–Kier alpha value is -6.35. The van der Waals surface area contributed by atoms with E-state index in [4.69, 9.17) is 17.3 Å². The summed E-state index contributed by atoms with van der Waals surface area (Å²) in [5.74, 6) is -4.28. The number of halogens is 1. The number of nitrogens with two attached hydrogens (primary N) is 1. The van der Waals surface area contributed by atoms with E-state index < -0.39 is 77.6 Å². The molecule has 16 heteroatoms. The molecule has 6 atom stereocenters. The molecule has 310 valence electrons. The minimum absolute atomic E-state index is 0.00287. The molecule has 0 aliphatic carbocycles.